The summed E-state index contributed by atoms with van der Waals surface area (Å²) >= 11 is 1.83. The van der Waals surface area contributed by atoms with Crippen LogP contribution in [-0.4, -0.2) is 32.6 Å². The molecule has 1 aromatic rings. The second-order valence-corrected chi connectivity index (χ2v) is 6.13. The number of rotatable bonds is 9. The number of unbranched alkanes of at least 4 members (excludes halogenated alkanes) is 2. The molecular weight excluding hydrogens is 288 g/mol. The van der Waals surface area contributed by atoms with E-state index >= 15 is 0 Å². The topological polar surface area (TPSA) is 72.2 Å². The van der Waals surface area contributed by atoms with Gasteiger partial charge in [-0.2, -0.15) is 16.7 Å². The van der Waals surface area contributed by atoms with E-state index in [4.69, 9.17) is 5.11 Å². The van der Waals surface area contributed by atoms with Crippen molar-refractivity contribution in [1.29, 1.82) is 0 Å². The first kappa shape index (κ1) is 17.8. The highest BCUT2D eigenvalue weighted by Crippen LogP contribution is 2.13. The summed E-state index contributed by atoms with van der Waals surface area (Å²) in [5.74, 6) is 0.313. The minimum Gasteiger partial charge on any atom is -0.481 e. The normalized spacial score (nSPS) is 10.8. The van der Waals surface area contributed by atoms with Crippen molar-refractivity contribution in [2.24, 2.45) is 0 Å². The number of aliphatic carboxylic acids is 1. The van der Waals surface area contributed by atoms with Crippen LogP contribution in [0.1, 0.15) is 42.6 Å². The van der Waals surface area contributed by atoms with Crippen molar-refractivity contribution in [3.05, 3.63) is 27.4 Å². The zero-order valence-corrected chi connectivity index (χ0v) is 13.8. The molecule has 1 N–H and O–H groups in total. The van der Waals surface area contributed by atoms with Crippen LogP contribution < -0.4 is 5.69 Å². The standard InChI is InChI=1S/C15H24N2O3S/c1-11-13(7-8-14(18)19)12(2)17(15(20)16-11)9-5-4-6-10-21-3/h4-10H2,1-3H3,(H,18,19). The fourth-order valence-electron chi connectivity index (χ4n) is 2.39. The van der Waals surface area contributed by atoms with Gasteiger partial charge in [0.2, 0.25) is 0 Å². The molecule has 0 amide bonds. The number of aromatic nitrogens is 2. The zero-order valence-electron chi connectivity index (χ0n) is 13.0. The predicted molar refractivity (Wildman–Crippen MR) is 86.2 cm³/mol. The molecule has 0 fully saturated rings. The molecule has 0 aliphatic carbocycles. The minimum absolute atomic E-state index is 0.0648. The quantitative estimate of drug-likeness (QED) is 0.709. The molecule has 0 radical (unpaired) electrons. The molecule has 0 atom stereocenters. The Morgan fingerprint density at radius 1 is 1.29 bits per heavy atom. The molecule has 0 aliphatic heterocycles. The van der Waals surface area contributed by atoms with Gasteiger partial charge in [0.25, 0.3) is 0 Å². The lowest BCUT2D eigenvalue weighted by molar-refractivity contribution is -0.136. The largest absolute Gasteiger partial charge is 0.481 e. The smallest absolute Gasteiger partial charge is 0.347 e. The number of carbonyl (C=O) groups is 1. The van der Waals surface area contributed by atoms with Crippen LogP contribution in [0.2, 0.25) is 0 Å². The Labute approximate surface area is 129 Å². The SMILES string of the molecule is CSCCCCCn1c(C)c(CCC(=O)O)c(C)nc1=O. The zero-order chi connectivity index (χ0) is 15.8. The second-order valence-electron chi connectivity index (χ2n) is 5.14. The Kier molecular flexibility index (Phi) is 7.50. The highest BCUT2D eigenvalue weighted by atomic mass is 32.2. The van der Waals surface area contributed by atoms with Gasteiger partial charge in [0, 0.05) is 24.4 Å². The maximum absolute atomic E-state index is 12.0. The van der Waals surface area contributed by atoms with Crippen LogP contribution in [0.25, 0.3) is 0 Å². The highest BCUT2D eigenvalue weighted by Gasteiger charge is 2.12. The number of aryl methyl sites for hydroxylation is 1. The summed E-state index contributed by atoms with van der Waals surface area (Å²) < 4.78 is 1.68. The summed E-state index contributed by atoms with van der Waals surface area (Å²) in [6.07, 6.45) is 5.77. The first-order valence-electron chi connectivity index (χ1n) is 7.25. The number of nitrogens with zero attached hydrogens (tertiary/aromatic N) is 2. The van der Waals surface area contributed by atoms with Crippen LogP contribution in [0, 0.1) is 13.8 Å². The van der Waals surface area contributed by atoms with Gasteiger partial charge >= 0.3 is 11.7 Å². The van der Waals surface area contributed by atoms with E-state index in [0.717, 1.165) is 36.3 Å². The number of carboxylic acid groups (broad SMARTS) is 1. The minimum atomic E-state index is -0.830. The molecular formula is C15H24N2O3S. The molecule has 1 heterocycles. The molecule has 0 spiro atoms. The Morgan fingerprint density at radius 3 is 2.62 bits per heavy atom. The highest BCUT2D eigenvalue weighted by molar-refractivity contribution is 7.98. The lowest BCUT2D eigenvalue weighted by atomic mass is 10.1. The Morgan fingerprint density at radius 2 is 2.00 bits per heavy atom. The van der Waals surface area contributed by atoms with E-state index in [1.807, 2.05) is 18.7 Å². The van der Waals surface area contributed by atoms with Crippen molar-refractivity contribution >= 4 is 17.7 Å². The molecule has 5 nitrogen and oxygen atoms in total. The molecule has 6 heteroatoms. The van der Waals surface area contributed by atoms with Crippen LogP contribution in [0.4, 0.5) is 0 Å². The maximum atomic E-state index is 12.0. The molecule has 0 aromatic carbocycles. The van der Waals surface area contributed by atoms with Gasteiger partial charge in [0.05, 0.1) is 0 Å². The Hall–Kier alpha value is -1.30. The van der Waals surface area contributed by atoms with E-state index in [2.05, 4.69) is 11.2 Å². The van der Waals surface area contributed by atoms with Gasteiger partial charge < -0.3 is 5.11 Å². The van der Waals surface area contributed by atoms with E-state index in [-0.39, 0.29) is 12.1 Å². The monoisotopic (exact) mass is 312 g/mol. The molecule has 118 valence electrons. The summed E-state index contributed by atoms with van der Waals surface area (Å²) in [7, 11) is 0. The van der Waals surface area contributed by atoms with Crippen LogP contribution in [-0.2, 0) is 17.8 Å². The van der Waals surface area contributed by atoms with Crippen molar-refractivity contribution in [1.82, 2.24) is 9.55 Å². The third kappa shape index (κ3) is 5.53. The van der Waals surface area contributed by atoms with Gasteiger partial charge in [-0.05, 0) is 50.7 Å². The average molecular weight is 312 g/mol. The number of hydrogen-bond donors (Lipinski definition) is 1. The van der Waals surface area contributed by atoms with Crippen LogP contribution in [0.5, 0.6) is 0 Å². The Balaban J connectivity index is 2.81. The van der Waals surface area contributed by atoms with Crippen molar-refractivity contribution in [3.8, 4) is 0 Å². The number of carboxylic acids is 1. The molecule has 1 aromatic heterocycles. The van der Waals surface area contributed by atoms with Gasteiger partial charge in [-0.3, -0.25) is 9.36 Å². The van der Waals surface area contributed by atoms with Gasteiger partial charge in [-0.25, -0.2) is 4.79 Å². The van der Waals surface area contributed by atoms with Crippen LogP contribution in [0.3, 0.4) is 0 Å². The summed E-state index contributed by atoms with van der Waals surface area (Å²) in [6, 6.07) is 0. The predicted octanol–water partition coefficient (Wildman–Crippen LogP) is 2.41. The molecule has 1 rings (SSSR count). The fraction of sp³-hybridized carbons (Fsp3) is 0.667. The molecule has 0 saturated carbocycles. The van der Waals surface area contributed by atoms with Gasteiger partial charge in [-0.15, -0.1) is 0 Å². The van der Waals surface area contributed by atoms with Gasteiger partial charge in [0.15, 0.2) is 0 Å². The summed E-state index contributed by atoms with van der Waals surface area (Å²) in [5.41, 5.74) is 2.17. The van der Waals surface area contributed by atoms with Crippen molar-refractivity contribution in [3.63, 3.8) is 0 Å². The van der Waals surface area contributed by atoms with Crippen molar-refractivity contribution in [2.45, 2.75) is 52.5 Å². The van der Waals surface area contributed by atoms with E-state index in [0.29, 0.717) is 18.7 Å². The fourth-order valence-corrected chi connectivity index (χ4v) is 2.88. The average Bonchev–Trinajstić information content (AvgIpc) is 2.41. The third-order valence-electron chi connectivity index (χ3n) is 3.59. The van der Waals surface area contributed by atoms with Gasteiger partial charge in [0.1, 0.15) is 0 Å². The summed E-state index contributed by atoms with van der Waals surface area (Å²) in [4.78, 5) is 26.8. The third-order valence-corrected chi connectivity index (χ3v) is 4.29. The van der Waals surface area contributed by atoms with E-state index in [1.54, 1.807) is 11.5 Å². The molecule has 21 heavy (non-hydrogen) atoms. The molecule has 0 aliphatic rings. The van der Waals surface area contributed by atoms with E-state index < -0.39 is 5.97 Å². The first-order chi connectivity index (χ1) is 9.97. The molecule has 0 unspecified atom stereocenters. The lowest BCUT2D eigenvalue weighted by Crippen LogP contribution is -2.28. The number of hydrogen-bond acceptors (Lipinski definition) is 4. The number of thioether (sulfide) groups is 1. The van der Waals surface area contributed by atoms with Crippen molar-refractivity contribution in [2.75, 3.05) is 12.0 Å². The van der Waals surface area contributed by atoms with E-state index in [9.17, 15) is 9.59 Å². The molecule has 0 bridgehead atoms. The van der Waals surface area contributed by atoms with Gasteiger partial charge in [-0.1, -0.05) is 6.42 Å². The first-order valence-corrected chi connectivity index (χ1v) is 8.64. The second kappa shape index (κ2) is 8.87. The lowest BCUT2D eigenvalue weighted by Gasteiger charge is -2.15. The van der Waals surface area contributed by atoms with Crippen LogP contribution >= 0.6 is 11.8 Å². The summed E-state index contributed by atoms with van der Waals surface area (Å²) in [6.45, 7) is 4.32. The Bertz CT molecular complexity index is 540. The summed E-state index contributed by atoms with van der Waals surface area (Å²) in [5, 5.41) is 8.81. The van der Waals surface area contributed by atoms with Crippen LogP contribution in [0.15, 0.2) is 4.79 Å². The molecule has 0 saturated heterocycles. The van der Waals surface area contributed by atoms with E-state index in [1.165, 1.54) is 0 Å². The maximum Gasteiger partial charge on any atom is 0.347 e. The van der Waals surface area contributed by atoms with Crippen molar-refractivity contribution < 1.29 is 9.90 Å².